The van der Waals surface area contributed by atoms with Crippen LogP contribution in [0.3, 0.4) is 0 Å². The summed E-state index contributed by atoms with van der Waals surface area (Å²) in [7, 11) is -3.41. The van der Waals surface area contributed by atoms with Crippen molar-refractivity contribution in [2.24, 2.45) is 23.2 Å². The number of hydrogen-bond donors (Lipinski definition) is 2. The van der Waals surface area contributed by atoms with E-state index in [2.05, 4.69) is 24.6 Å². The maximum absolute atomic E-state index is 12.9. The first-order chi connectivity index (χ1) is 13.7. The number of allylic oxidation sites excluding steroid dienone is 2. The summed E-state index contributed by atoms with van der Waals surface area (Å²) in [5.74, 6) is 0.581. The van der Waals surface area contributed by atoms with E-state index < -0.39 is 16.0 Å². The predicted octanol–water partition coefficient (Wildman–Crippen LogP) is 4.36. The zero-order valence-corrected chi connectivity index (χ0v) is 18.2. The van der Waals surface area contributed by atoms with Gasteiger partial charge < -0.3 is 5.11 Å². The number of hydrogen-bond acceptors (Lipinski definition) is 3. The van der Waals surface area contributed by atoms with Gasteiger partial charge >= 0.3 is 5.97 Å². The summed E-state index contributed by atoms with van der Waals surface area (Å²) in [4.78, 5) is 10.6. The lowest BCUT2D eigenvalue weighted by atomic mass is 9.45. The predicted molar refractivity (Wildman–Crippen MR) is 115 cm³/mol. The first kappa shape index (κ1) is 22.0. The van der Waals surface area contributed by atoms with Crippen LogP contribution in [0.1, 0.15) is 57.9 Å². The third-order valence-corrected chi connectivity index (χ3v) is 8.30. The minimum atomic E-state index is -3.41. The SMILES string of the molecule is CC1(C)C2CC(CC=CCCCC(=O)O)C(NS(=O)(=O)Cc3ccccc3)C1C2. The second-order valence-electron chi connectivity index (χ2n) is 9.24. The molecule has 3 saturated carbocycles. The monoisotopic (exact) mass is 419 g/mol. The van der Waals surface area contributed by atoms with Crippen molar-refractivity contribution in [1.29, 1.82) is 0 Å². The van der Waals surface area contributed by atoms with Gasteiger partial charge in [-0.2, -0.15) is 0 Å². The third kappa shape index (κ3) is 5.48. The van der Waals surface area contributed by atoms with Gasteiger partial charge in [-0.3, -0.25) is 4.79 Å². The first-order valence-corrected chi connectivity index (χ1v) is 12.2. The molecule has 0 heterocycles. The van der Waals surface area contributed by atoms with Crippen molar-refractivity contribution in [3.05, 3.63) is 48.0 Å². The van der Waals surface area contributed by atoms with Crippen LogP contribution >= 0.6 is 0 Å². The number of fused-ring (bicyclic) bond motifs is 2. The summed E-state index contributed by atoms with van der Waals surface area (Å²) >= 11 is 0. The van der Waals surface area contributed by atoms with E-state index in [1.54, 1.807) is 0 Å². The Morgan fingerprint density at radius 2 is 1.93 bits per heavy atom. The molecule has 4 unspecified atom stereocenters. The largest absolute Gasteiger partial charge is 0.481 e. The number of carbonyl (C=O) groups is 1. The average molecular weight is 420 g/mol. The molecule has 4 rings (SSSR count). The van der Waals surface area contributed by atoms with E-state index in [1.165, 1.54) is 0 Å². The van der Waals surface area contributed by atoms with Crippen LogP contribution in [0.5, 0.6) is 0 Å². The average Bonchev–Trinajstić information content (AvgIpc) is 2.65. The fourth-order valence-corrected chi connectivity index (χ4v) is 6.62. The zero-order chi connectivity index (χ0) is 21.1. The molecule has 1 aromatic carbocycles. The lowest BCUT2D eigenvalue weighted by Crippen LogP contribution is -2.63. The molecule has 5 nitrogen and oxygen atoms in total. The molecule has 3 aliphatic rings. The van der Waals surface area contributed by atoms with E-state index in [0.717, 1.165) is 31.2 Å². The molecular weight excluding hydrogens is 386 g/mol. The highest BCUT2D eigenvalue weighted by Crippen LogP contribution is 2.61. The molecule has 0 radical (unpaired) electrons. The van der Waals surface area contributed by atoms with Gasteiger partial charge in [-0.25, -0.2) is 13.1 Å². The highest BCUT2D eigenvalue weighted by molar-refractivity contribution is 7.88. The molecular formula is C23H33NO4S. The number of sulfonamides is 1. The summed E-state index contributed by atoms with van der Waals surface area (Å²) in [6, 6.07) is 9.28. The van der Waals surface area contributed by atoms with E-state index in [-0.39, 0.29) is 23.6 Å². The highest BCUT2D eigenvalue weighted by atomic mass is 32.2. The van der Waals surface area contributed by atoms with Gasteiger partial charge in [0.15, 0.2) is 0 Å². The third-order valence-electron chi connectivity index (χ3n) is 6.96. The molecule has 0 aliphatic heterocycles. The van der Waals surface area contributed by atoms with Gasteiger partial charge in [0.25, 0.3) is 0 Å². The van der Waals surface area contributed by atoms with E-state index in [9.17, 15) is 13.2 Å². The summed E-state index contributed by atoms with van der Waals surface area (Å²) in [5, 5.41) is 8.72. The highest BCUT2D eigenvalue weighted by Gasteiger charge is 2.57. The van der Waals surface area contributed by atoms with Crippen LogP contribution in [0.15, 0.2) is 42.5 Å². The molecule has 0 saturated heterocycles. The van der Waals surface area contributed by atoms with Crippen LogP contribution in [0, 0.1) is 23.2 Å². The number of nitrogens with one attached hydrogen (secondary N) is 1. The maximum atomic E-state index is 12.9. The Balaban J connectivity index is 1.63. The number of carboxylic acids is 1. The molecule has 4 atom stereocenters. The Bertz CT molecular complexity index is 832. The Kier molecular flexibility index (Phi) is 6.84. The van der Waals surface area contributed by atoms with Gasteiger partial charge in [0.05, 0.1) is 5.75 Å². The molecule has 160 valence electrons. The minimum absolute atomic E-state index is 0.0126. The van der Waals surface area contributed by atoms with Crippen molar-refractivity contribution in [2.75, 3.05) is 0 Å². The van der Waals surface area contributed by atoms with Gasteiger partial charge in [0.2, 0.25) is 10.0 Å². The lowest BCUT2D eigenvalue weighted by Gasteiger charge is -2.62. The normalized spacial score (nSPS) is 28.2. The van der Waals surface area contributed by atoms with Crippen LogP contribution in [0.4, 0.5) is 0 Å². The Morgan fingerprint density at radius 3 is 2.59 bits per heavy atom. The Labute approximate surface area is 174 Å². The second-order valence-corrected chi connectivity index (χ2v) is 11.0. The number of rotatable bonds is 10. The van der Waals surface area contributed by atoms with E-state index >= 15 is 0 Å². The van der Waals surface area contributed by atoms with Crippen molar-refractivity contribution in [3.8, 4) is 0 Å². The van der Waals surface area contributed by atoms with Crippen LogP contribution in [-0.4, -0.2) is 25.5 Å². The zero-order valence-electron chi connectivity index (χ0n) is 17.4. The number of aliphatic carboxylic acids is 1. The van der Waals surface area contributed by atoms with Crippen LogP contribution < -0.4 is 4.72 Å². The fourth-order valence-electron chi connectivity index (χ4n) is 5.13. The van der Waals surface area contributed by atoms with Crippen molar-refractivity contribution in [1.82, 2.24) is 4.72 Å². The van der Waals surface area contributed by atoms with Crippen molar-refractivity contribution < 1.29 is 18.3 Å². The standard InChI is InChI=1S/C23H33NO4S/c1-23(2)19-14-18(12-8-3-4-9-13-21(25)26)22(20(23)15-19)24-29(27,28)16-17-10-6-5-7-11-17/h3,5-8,10-11,18-20,22,24H,4,9,12-16H2,1-2H3,(H,25,26). The molecule has 0 amide bonds. The number of benzene rings is 1. The summed E-state index contributed by atoms with van der Waals surface area (Å²) in [6.45, 7) is 4.53. The second kappa shape index (κ2) is 9.00. The van der Waals surface area contributed by atoms with Crippen LogP contribution in [-0.2, 0) is 20.6 Å². The summed E-state index contributed by atoms with van der Waals surface area (Å²) in [6.07, 6.45) is 8.73. The van der Waals surface area contributed by atoms with Crippen molar-refractivity contribution in [3.63, 3.8) is 0 Å². The fraction of sp³-hybridized carbons (Fsp3) is 0.609. The smallest absolute Gasteiger partial charge is 0.303 e. The molecule has 3 aliphatic carbocycles. The van der Waals surface area contributed by atoms with Crippen LogP contribution in [0.25, 0.3) is 0 Å². The van der Waals surface area contributed by atoms with E-state index in [1.807, 2.05) is 36.4 Å². The Morgan fingerprint density at radius 1 is 1.21 bits per heavy atom. The quantitative estimate of drug-likeness (QED) is 0.436. The molecule has 29 heavy (non-hydrogen) atoms. The number of unbranched alkanes of at least 4 members (excludes halogenated alkanes) is 1. The number of carboxylic acid groups (broad SMARTS) is 1. The van der Waals surface area contributed by atoms with Gasteiger partial charge in [-0.1, -0.05) is 56.3 Å². The summed E-state index contributed by atoms with van der Waals surface area (Å²) < 4.78 is 28.8. The van der Waals surface area contributed by atoms with Crippen molar-refractivity contribution >= 4 is 16.0 Å². The Hall–Kier alpha value is -1.66. The van der Waals surface area contributed by atoms with Gasteiger partial charge in [0, 0.05) is 12.5 Å². The maximum Gasteiger partial charge on any atom is 0.303 e. The van der Waals surface area contributed by atoms with Gasteiger partial charge in [-0.15, -0.1) is 0 Å². The molecule has 2 N–H and O–H groups in total. The lowest BCUT2D eigenvalue weighted by molar-refractivity contribution is -0.137. The van der Waals surface area contributed by atoms with Crippen LogP contribution in [0.2, 0.25) is 0 Å². The van der Waals surface area contributed by atoms with Gasteiger partial charge in [-0.05, 0) is 60.8 Å². The molecule has 1 aromatic rings. The first-order valence-electron chi connectivity index (χ1n) is 10.6. The molecule has 3 fully saturated rings. The van der Waals surface area contributed by atoms with Gasteiger partial charge in [0.1, 0.15) is 0 Å². The molecule has 0 spiro atoms. The summed E-state index contributed by atoms with van der Waals surface area (Å²) in [5.41, 5.74) is 0.984. The molecule has 6 heteroatoms. The molecule has 2 bridgehead atoms. The minimum Gasteiger partial charge on any atom is -0.481 e. The van der Waals surface area contributed by atoms with E-state index in [0.29, 0.717) is 24.2 Å². The molecule has 0 aromatic heterocycles. The van der Waals surface area contributed by atoms with Crippen molar-refractivity contribution in [2.45, 2.75) is 64.2 Å². The van der Waals surface area contributed by atoms with E-state index in [4.69, 9.17) is 5.11 Å². The topological polar surface area (TPSA) is 83.5 Å².